The molecule has 1 aliphatic rings. The molecule has 0 saturated heterocycles. The lowest BCUT2D eigenvalue weighted by Gasteiger charge is -2.14. The highest BCUT2D eigenvalue weighted by atomic mass is 16.5. The summed E-state index contributed by atoms with van der Waals surface area (Å²) < 4.78 is 10.4. The van der Waals surface area contributed by atoms with Crippen molar-refractivity contribution in [3.05, 3.63) is 94.5 Å². The van der Waals surface area contributed by atoms with Gasteiger partial charge in [0.05, 0.1) is 0 Å². The molecule has 0 radical (unpaired) electrons. The first-order valence-corrected chi connectivity index (χ1v) is 9.47. The fourth-order valence-corrected chi connectivity index (χ4v) is 3.80. The minimum atomic E-state index is -0.620. The van der Waals surface area contributed by atoms with E-state index in [1.54, 1.807) is 24.3 Å². The molecule has 0 atom stereocenters. The molecule has 7 nitrogen and oxygen atoms in total. The molecule has 7 heteroatoms. The molecule has 1 amide bonds. The summed E-state index contributed by atoms with van der Waals surface area (Å²) in [5.41, 5.74) is 5.87. The van der Waals surface area contributed by atoms with Gasteiger partial charge in [-0.2, -0.15) is 0 Å². The second-order valence-corrected chi connectivity index (χ2v) is 6.95. The Bertz CT molecular complexity index is 1230. The molecule has 148 valence electrons. The maximum Gasteiger partial charge on any atom is 0.434 e. The third kappa shape index (κ3) is 3.26. The van der Waals surface area contributed by atoms with Crippen LogP contribution >= 0.6 is 0 Å². The normalized spacial score (nSPS) is 12.3. The molecule has 2 N–H and O–H groups in total. The number of carbonyl (C=O) groups is 1. The fraction of sp³-hybridized carbons (Fsp3) is 0.0870. The molecule has 0 saturated carbocycles. The van der Waals surface area contributed by atoms with Crippen LogP contribution in [0.15, 0.2) is 82.0 Å². The summed E-state index contributed by atoms with van der Waals surface area (Å²) in [5, 5.41) is 8.70. The van der Waals surface area contributed by atoms with Crippen LogP contribution in [0.3, 0.4) is 0 Å². The number of aromatic nitrogens is 2. The number of anilines is 1. The quantitative estimate of drug-likeness (QED) is 0.530. The molecule has 1 heterocycles. The highest BCUT2D eigenvalue weighted by Crippen LogP contribution is 2.44. The molecule has 1 aliphatic carbocycles. The zero-order valence-electron chi connectivity index (χ0n) is 15.8. The molecular weight excluding hydrogens is 382 g/mol. The second-order valence-electron chi connectivity index (χ2n) is 6.95. The van der Waals surface area contributed by atoms with Crippen LogP contribution < -0.4 is 11.1 Å². The Morgan fingerprint density at radius 2 is 1.60 bits per heavy atom. The minimum absolute atomic E-state index is 0.00749. The van der Waals surface area contributed by atoms with Crippen molar-refractivity contribution in [3.63, 3.8) is 0 Å². The number of nitrogens with zero attached hydrogens (tertiary/aromatic N) is 1. The number of hydrogen-bond acceptors (Lipinski definition) is 5. The van der Waals surface area contributed by atoms with Gasteiger partial charge in [-0.05, 0) is 46.5 Å². The highest BCUT2D eigenvalue weighted by molar-refractivity contribution is 5.85. The van der Waals surface area contributed by atoms with Crippen LogP contribution in [0.4, 0.5) is 10.5 Å². The molecule has 3 aromatic carbocycles. The van der Waals surface area contributed by atoms with Crippen molar-refractivity contribution in [3.8, 4) is 22.6 Å². The van der Waals surface area contributed by atoms with Gasteiger partial charge in [-0.25, -0.2) is 14.7 Å². The molecule has 5 rings (SSSR count). The molecule has 1 aromatic heterocycles. The monoisotopic (exact) mass is 399 g/mol. The molecule has 0 spiro atoms. The van der Waals surface area contributed by atoms with Crippen LogP contribution in [0.5, 0.6) is 0 Å². The maximum atomic E-state index is 12.3. The Balaban J connectivity index is 1.26. The number of rotatable bonds is 4. The first kappa shape index (κ1) is 17.9. The van der Waals surface area contributed by atoms with Crippen molar-refractivity contribution in [2.75, 3.05) is 11.9 Å². The smallest absolute Gasteiger partial charge is 0.434 e. The van der Waals surface area contributed by atoms with E-state index in [1.807, 2.05) is 24.3 Å². The summed E-state index contributed by atoms with van der Waals surface area (Å²) in [6, 6.07) is 23.1. The van der Waals surface area contributed by atoms with Crippen LogP contribution in [0.1, 0.15) is 17.0 Å². The molecule has 0 unspecified atom stereocenters. The third-order valence-corrected chi connectivity index (χ3v) is 5.16. The van der Waals surface area contributed by atoms with Gasteiger partial charge in [0.25, 0.3) is 0 Å². The Hall–Kier alpha value is -4.13. The molecule has 30 heavy (non-hydrogen) atoms. The third-order valence-electron chi connectivity index (χ3n) is 5.16. The van der Waals surface area contributed by atoms with Gasteiger partial charge >= 0.3 is 11.8 Å². The SMILES string of the molecule is O=C(Nc1ccc(-c2n[nH]c(=O)o2)cc1)OCC1c2ccccc2-c2ccccc21. The first-order valence-electron chi connectivity index (χ1n) is 9.47. The van der Waals surface area contributed by atoms with Gasteiger partial charge in [0.2, 0.25) is 5.89 Å². The summed E-state index contributed by atoms with van der Waals surface area (Å²) in [5.74, 6) is -0.424. The van der Waals surface area contributed by atoms with Gasteiger partial charge in [0, 0.05) is 17.2 Å². The topological polar surface area (TPSA) is 97.2 Å². The lowest BCUT2D eigenvalue weighted by atomic mass is 9.98. The van der Waals surface area contributed by atoms with Gasteiger partial charge in [-0.3, -0.25) is 5.32 Å². The number of fused-ring (bicyclic) bond motifs is 3. The van der Waals surface area contributed by atoms with Gasteiger partial charge in [0.15, 0.2) is 0 Å². The van der Waals surface area contributed by atoms with Crippen LogP contribution in [0.2, 0.25) is 0 Å². The van der Waals surface area contributed by atoms with Crippen molar-refractivity contribution in [1.29, 1.82) is 0 Å². The van der Waals surface area contributed by atoms with Crippen LogP contribution in [-0.4, -0.2) is 22.9 Å². The van der Waals surface area contributed by atoms with Crippen molar-refractivity contribution < 1.29 is 13.9 Å². The Morgan fingerprint density at radius 3 is 2.20 bits per heavy atom. The average Bonchev–Trinajstić information content (AvgIpc) is 3.34. The fourth-order valence-electron chi connectivity index (χ4n) is 3.80. The Labute approximate surface area is 171 Å². The van der Waals surface area contributed by atoms with E-state index in [4.69, 9.17) is 9.15 Å². The summed E-state index contributed by atoms with van der Waals surface area (Å²) in [6.07, 6.45) is -0.532. The maximum absolute atomic E-state index is 12.3. The lowest BCUT2D eigenvalue weighted by Crippen LogP contribution is -2.17. The van der Waals surface area contributed by atoms with Gasteiger partial charge in [0.1, 0.15) is 6.61 Å². The van der Waals surface area contributed by atoms with Gasteiger partial charge < -0.3 is 9.15 Å². The average molecular weight is 399 g/mol. The standard InChI is InChI=1S/C23H17N3O4/c27-22(24-15-11-9-14(10-12-15)21-25-26-23(28)30-21)29-13-20-18-7-3-1-5-16(18)17-6-2-4-8-19(17)20/h1-12,20H,13H2,(H,24,27)(H,26,28). The molecule has 0 aliphatic heterocycles. The van der Waals surface area contributed by atoms with Crippen molar-refractivity contribution >= 4 is 11.8 Å². The van der Waals surface area contributed by atoms with E-state index in [1.165, 1.54) is 11.1 Å². The van der Waals surface area contributed by atoms with E-state index in [-0.39, 0.29) is 18.4 Å². The van der Waals surface area contributed by atoms with Gasteiger partial charge in [-0.1, -0.05) is 48.5 Å². The number of benzene rings is 3. The Morgan fingerprint density at radius 1 is 0.967 bits per heavy atom. The summed E-state index contributed by atoms with van der Waals surface area (Å²) in [6.45, 7) is 0.246. The van der Waals surface area contributed by atoms with Crippen LogP contribution in [0, 0.1) is 0 Å². The number of hydrogen-bond donors (Lipinski definition) is 2. The number of aromatic amines is 1. The Kier molecular flexibility index (Phi) is 4.40. The number of ether oxygens (including phenoxy) is 1. The molecule has 0 bridgehead atoms. The predicted molar refractivity (Wildman–Crippen MR) is 111 cm³/mol. The first-order chi connectivity index (χ1) is 14.7. The predicted octanol–water partition coefficient (Wildman–Crippen LogP) is 4.39. The van der Waals surface area contributed by atoms with Crippen molar-refractivity contribution in [1.82, 2.24) is 10.2 Å². The highest BCUT2D eigenvalue weighted by Gasteiger charge is 2.28. The van der Waals surface area contributed by atoms with Crippen molar-refractivity contribution in [2.24, 2.45) is 0 Å². The largest absolute Gasteiger partial charge is 0.448 e. The number of amides is 1. The second kappa shape index (κ2) is 7.36. The lowest BCUT2D eigenvalue weighted by molar-refractivity contribution is 0.158. The molecular formula is C23H17N3O4. The number of H-pyrrole nitrogens is 1. The van der Waals surface area contributed by atoms with E-state index >= 15 is 0 Å². The van der Waals surface area contributed by atoms with Crippen molar-refractivity contribution in [2.45, 2.75) is 5.92 Å². The zero-order chi connectivity index (χ0) is 20.5. The van der Waals surface area contributed by atoms with E-state index in [9.17, 15) is 9.59 Å². The minimum Gasteiger partial charge on any atom is -0.448 e. The zero-order valence-corrected chi connectivity index (χ0v) is 15.8. The molecule has 0 fully saturated rings. The van der Waals surface area contributed by atoms with E-state index in [0.717, 1.165) is 11.1 Å². The molecule has 4 aromatic rings. The van der Waals surface area contributed by atoms with Crippen LogP contribution in [0.25, 0.3) is 22.6 Å². The van der Waals surface area contributed by atoms with E-state index in [2.05, 4.69) is 39.8 Å². The van der Waals surface area contributed by atoms with Gasteiger partial charge in [-0.15, -0.1) is 5.10 Å². The number of carbonyl (C=O) groups excluding carboxylic acids is 1. The summed E-state index contributed by atoms with van der Waals surface area (Å²) in [4.78, 5) is 23.4. The van der Waals surface area contributed by atoms with E-state index < -0.39 is 11.8 Å². The number of nitrogens with one attached hydrogen (secondary N) is 2. The van der Waals surface area contributed by atoms with Crippen LogP contribution in [-0.2, 0) is 4.74 Å². The summed E-state index contributed by atoms with van der Waals surface area (Å²) >= 11 is 0. The van der Waals surface area contributed by atoms with E-state index in [0.29, 0.717) is 11.3 Å². The summed E-state index contributed by atoms with van der Waals surface area (Å²) in [7, 11) is 0.